The van der Waals surface area contributed by atoms with Crippen molar-refractivity contribution in [2.45, 2.75) is 6.42 Å². The molecule has 0 atom stereocenters. The highest BCUT2D eigenvalue weighted by Crippen LogP contribution is 2.04. The standard InChI is InChI=1S/C6H8N4OS/c11-6(5-4-12-9-8-5)10-3-1-2-7-10/h4,7H,1-3H2. The molecule has 0 aliphatic carbocycles. The summed E-state index contributed by atoms with van der Waals surface area (Å²) in [6.07, 6.45) is 1.00. The van der Waals surface area contributed by atoms with Crippen molar-refractivity contribution in [3.05, 3.63) is 11.1 Å². The Morgan fingerprint density at radius 2 is 2.67 bits per heavy atom. The molecule has 1 aliphatic rings. The number of rotatable bonds is 1. The monoisotopic (exact) mass is 184 g/mol. The van der Waals surface area contributed by atoms with Crippen molar-refractivity contribution < 1.29 is 4.79 Å². The zero-order chi connectivity index (χ0) is 8.39. The van der Waals surface area contributed by atoms with Crippen molar-refractivity contribution in [3.63, 3.8) is 0 Å². The Hall–Kier alpha value is -1.01. The molecule has 1 saturated heterocycles. The Balaban J connectivity index is 2.09. The third-order valence-corrected chi connectivity index (χ3v) is 2.19. The minimum absolute atomic E-state index is 0.0822. The van der Waals surface area contributed by atoms with E-state index in [4.69, 9.17) is 0 Å². The summed E-state index contributed by atoms with van der Waals surface area (Å²) >= 11 is 1.19. The largest absolute Gasteiger partial charge is 0.289 e. The van der Waals surface area contributed by atoms with E-state index in [0.29, 0.717) is 5.69 Å². The number of nitrogens with one attached hydrogen (secondary N) is 1. The fourth-order valence-corrected chi connectivity index (χ4v) is 1.53. The number of hydrogen-bond donors (Lipinski definition) is 1. The molecular weight excluding hydrogens is 176 g/mol. The van der Waals surface area contributed by atoms with Gasteiger partial charge in [0.25, 0.3) is 5.91 Å². The third-order valence-electron chi connectivity index (χ3n) is 1.69. The fourth-order valence-electron chi connectivity index (χ4n) is 1.10. The lowest BCUT2D eigenvalue weighted by Crippen LogP contribution is -2.37. The van der Waals surface area contributed by atoms with Gasteiger partial charge in [0.1, 0.15) is 0 Å². The van der Waals surface area contributed by atoms with Gasteiger partial charge in [-0.2, -0.15) is 0 Å². The number of carbonyl (C=O) groups excluding carboxylic acids is 1. The first-order valence-electron chi connectivity index (χ1n) is 3.70. The van der Waals surface area contributed by atoms with Crippen LogP contribution in [0.3, 0.4) is 0 Å². The third kappa shape index (κ3) is 1.30. The van der Waals surface area contributed by atoms with Crippen molar-refractivity contribution in [2.75, 3.05) is 13.1 Å². The van der Waals surface area contributed by atoms with Crippen LogP contribution in [0, 0.1) is 0 Å². The second kappa shape index (κ2) is 3.16. The predicted octanol–water partition coefficient (Wildman–Crippen LogP) is -0.111. The molecule has 0 unspecified atom stereocenters. The van der Waals surface area contributed by atoms with E-state index in [2.05, 4.69) is 15.0 Å². The maximum atomic E-state index is 11.5. The second-order valence-corrected chi connectivity index (χ2v) is 3.12. The van der Waals surface area contributed by atoms with Crippen molar-refractivity contribution in [1.29, 1.82) is 0 Å². The lowest BCUT2D eigenvalue weighted by Gasteiger charge is -2.12. The molecule has 1 fully saturated rings. The minimum Gasteiger partial charge on any atom is -0.272 e. The smallest absolute Gasteiger partial charge is 0.272 e. The average molecular weight is 184 g/mol. The van der Waals surface area contributed by atoms with Gasteiger partial charge in [-0.05, 0) is 18.0 Å². The first-order valence-corrected chi connectivity index (χ1v) is 4.54. The molecule has 5 nitrogen and oxygen atoms in total. The predicted molar refractivity (Wildman–Crippen MR) is 43.6 cm³/mol. The van der Waals surface area contributed by atoms with Crippen LogP contribution in [0.4, 0.5) is 0 Å². The molecule has 2 rings (SSSR count). The van der Waals surface area contributed by atoms with Gasteiger partial charge in [0, 0.05) is 18.5 Å². The molecular formula is C6H8N4OS. The zero-order valence-electron chi connectivity index (χ0n) is 6.36. The van der Waals surface area contributed by atoms with Crippen LogP contribution in [0.15, 0.2) is 5.38 Å². The maximum absolute atomic E-state index is 11.5. The SMILES string of the molecule is O=C(c1csnn1)N1CCCN1. The van der Waals surface area contributed by atoms with Gasteiger partial charge in [-0.1, -0.05) is 4.49 Å². The van der Waals surface area contributed by atoms with Gasteiger partial charge in [0.05, 0.1) is 0 Å². The Kier molecular flexibility index (Phi) is 2.01. The lowest BCUT2D eigenvalue weighted by molar-refractivity contribution is 0.0720. The van der Waals surface area contributed by atoms with Gasteiger partial charge in [0.2, 0.25) is 0 Å². The van der Waals surface area contributed by atoms with Crippen LogP contribution in [0.5, 0.6) is 0 Å². The molecule has 2 heterocycles. The average Bonchev–Trinajstić information content (AvgIpc) is 2.77. The van der Waals surface area contributed by atoms with Crippen LogP contribution in [0.1, 0.15) is 16.9 Å². The van der Waals surface area contributed by atoms with Crippen molar-refractivity contribution in [2.24, 2.45) is 0 Å². The van der Waals surface area contributed by atoms with E-state index in [0.717, 1.165) is 19.5 Å². The van der Waals surface area contributed by atoms with Gasteiger partial charge in [0.15, 0.2) is 5.69 Å². The summed E-state index contributed by atoms with van der Waals surface area (Å²) in [6.45, 7) is 1.62. The van der Waals surface area contributed by atoms with Gasteiger partial charge in [-0.25, -0.2) is 5.43 Å². The van der Waals surface area contributed by atoms with E-state index in [1.165, 1.54) is 11.5 Å². The molecule has 6 heteroatoms. The van der Waals surface area contributed by atoms with E-state index in [9.17, 15) is 4.79 Å². The van der Waals surface area contributed by atoms with Crippen LogP contribution < -0.4 is 5.43 Å². The molecule has 12 heavy (non-hydrogen) atoms. The molecule has 0 bridgehead atoms. The molecule has 0 spiro atoms. The summed E-state index contributed by atoms with van der Waals surface area (Å²) in [5, 5.41) is 6.93. The normalized spacial score (nSPS) is 16.8. The molecule has 1 aromatic rings. The van der Waals surface area contributed by atoms with E-state index in [1.54, 1.807) is 10.4 Å². The molecule has 1 aromatic heterocycles. The summed E-state index contributed by atoms with van der Waals surface area (Å²) in [5.74, 6) is -0.0822. The topological polar surface area (TPSA) is 58.1 Å². The summed E-state index contributed by atoms with van der Waals surface area (Å²) in [4.78, 5) is 11.5. The van der Waals surface area contributed by atoms with Gasteiger partial charge < -0.3 is 0 Å². The molecule has 1 N–H and O–H groups in total. The first kappa shape index (κ1) is 7.63. The number of aromatic nitrogens is 2. The van der Waals surface area contributed by atoms with Gasteiger partial charge >= 0.3 is 0 Å². The lowest BCUT2D eigenvalue weighted by atomic mass is 10.4. The second-order valence-electron chi connectivity index (χ2n) is 2.51. The van der Waals surface area contributed by atoms with E-state index in [-0.39, 0.29) is 5.91 Å². The van der Waals surface area contributed by atoms with Crippen molar-refractivity contribution in [1.82, 2.24) is 20.0 Å². The number of amides is 1. The molecule has 0 aromatic carbocycles. The zero-order valence-corrected chi connectivity index (χ0v) is 7.17. The molecule has 0 radical (unpaired) electrons. The van der Waals surface area contributed by atoms with Gasteiger partial charge in [-0.3, -0.25) is 9.80 Å². The van der Waals surface area contributed by atoms with Crippen molar-refractivity contribution >= 4 is 17.4 Å². The van der Waals surface area contributed by atoms with Crippen LogP contribution in [0.25, 0.3) is 0 Å². The molecule has 0 saturated carbocycles. The van der Waals surface area contributed by atoms with Crippen LogP contribution in [0.2, 0.25) is 0 Å². The minimum atomic E-state index is -0.0822. The molecule has 1 aliphatic heterocycles. The van der Waals surface area contributed by atoms with E-state index >= 15 is 0 Å². The Morgan fingerprint density at radius 1 is 1.75 bits per heavy atom. The van der Waals surface area contributed by atoms with Crippen LogP contribution >= 0.6 is 11.5 Å². The number of hydrazine groups is 1. The summed E-state index contributed by atoms with van der Waals surface area (Å²) in [5.41, 5.74) is 3.39. The Labute approximate surface area is 73.5 Å². The fraction of sp³-hybridized carbons (Fsp3) is 0.500. The number of carbonyl (C=O) groups is 1. The summed E-state index contributed by atoms with van der Waals surface area (Å²) in [6, 6.07) is 0. The van der Waals surface area contributed by atoms with Crippen molar-refractivity contribution in [3.8, 4) is 0 Å². The highest BCUT2D eigenvalue weighted by atomic mass is 32.1. The molecule has 1 amide bonds. The van der Waals surface area contributed by atoms with Crippen LogP contribution in [-0.4, -0.2) is 33.6 Å². The quantitative estimate of drug-likeness (QED) is 0.661. The number of nitrogens with zero attached hydrogens (tertiary/aromatic N) is 3. The van der Waals surface area contributed by atoms with E-state index in [1.807, 2.05) is 0 Å². The first-order chi connectivity index (χ1) is 5.88. The Morgan fingerprint density at radius 3 is 3.25 bits per heavy atom. The summed E-state index contributed by atoms with van der Waals surface area (Å²) in [7, 11) is 0. The highest BCUT2D eigenvalue weighted by Gasteiger charge is 2.20. The summed E-state index contributed by atoms with van der Waals surface area (Å²) < 4.78 is 3.63. The molecule has 64 valence electrons. The van der Waals surface area contributed by atoms with Crippen LogP contribution in [-0.2, 0) is 0 Å². The maximum Gasteiger partial charge on any atom is 0.289 e. The van der Waals surface area contributed by atoms with E-state index < -0.39 is 0 Å². The van der Waals surface area contributed by atoms with Gasteiger partial charge in [-0.15, -0.1) is 5.10 Å². The Bertz CT molecular complexity index is 267. The highest BCUT2D eigenvalue weighted by molar-refractivity contribution is 7.03. The number of hydrogen-bond acceptors (Lipinski definition) is 5.